The van der Waals surface area contributed by atoms with Gasteiger partial charge in [-0.25, -0.2) is 9.97 Å². The van der Waals surface area contributed by atoms with E-state index < -0.39 is 0 Å². The van der Waals surface area contributed by atoms with Gasteiger partial charge in [0.2, 0.25) is 17.8 Å². The summed E-state index contributed by atoms with van der Waals surface area (Å²) < 4.78 is 0. The molecule has 1 aromatic rings. The van der Waals surface area contributed by atoms with Crippen LogP contribution in [0.3, 0.4) is 0 Å². The van der Waals surface area contributed by atoms with Gasteiger partial charge in [0, 0.05) is 51.4 Å². The molecule has 2 saturated heterocycles. The third-order valence-electron chi connectivity index (χ3n) is 4.32. The fourth-order valence-electron chi connectivity index (χ4n) is 3.20. The van der Waals surface area contributed by atoms with Crippen molar-refractivity contribution < 1.29 is 9.59 Å². The van der Waals surface area contributed by atoms with Crippen molar-refractivity contribution >= 4 is 17.8 Å². The van der Waals surface area contributed by atoms with Crippen LogP contribution in [0.5, 0.6) is 0 Å². The van der Waals surface area contributed by atoms with E-state index in [-0.39, 0.29) is 18.0 Å². The number of nitrogens with zero attached hydrogens (tertiary/aromatic N) is 5. The molecule has 0 radical (unpaired) electrons. The summed E-state index contributed by atoms with van der Waals surface area (Å²) in [5.74, 6) is 0.667. The van der Waals surface area contributed by atoms with Crippen molar-refractivity contribution in [3.05, 3.63) is 18.5 Å². The van der Waals surface area contributed by atoms with Crippen molar-refractivity contribution in [1.29, 1.82) is 0 Å². The van der Waals surface area contributed by atoms with Crippen LogP contribution in [-0.2, 0) is 9.59 Å². The number of aromatic nitrogens is 2. The normalized spacial score (nSPS) is 21.5. The molecular formula is C15H21N5O2. The summed E-state index contributed by atoms with van der Waals surface area (Å²) in [7, 11) is 0. The second-order valence-electron chi connectivity index (χ2n) is 5.62. The Kier molecular flexibility index (Phi) is 4.33. The maximum absolute atomic E-state index is 12.0. The Morgan fingerprint density at radius 1 is 1.05 bits per heavy atom. The molecule has 2 amide bonds. The van der Waals surface area contributed by atoms with E-state index in [0.717, 1.165) is 38.5 Å². The van der Waals surface area contributed by atoms with Crippen LogP contribution in [0.25, 0.3) is 0 Å². The van der Waals surface area contributed by atoms with E-state index in [4.69, 9.17) is 0 Å². The lowest BCUT2D eigenvalue weighted by molar-refractivity contribution is -0.146. The van der Waals surface area contributed by atoms with Gasteiger partial charge >= 0.3 is 0 Å². The molecule has 7 nitrogen and oxygen atoms in total. The van der Waals surface area contributed by atoms with Crippen LogP contribution in [0.15, 0.2) is 18.5 Å². The van der Waals surface area contributed by atoms with Crippen LogP contribution in [-0.4, -0.2) is 63.9 Å². The van der Waals surface area contributed by atoms with Crippen molar-refractivity contribution in [2.45, 2.75) is 32.4 Å². The van der Waals surface area contributed by atoms with Gasteiger partial charge in [-0.05, 0) is 12.5 Å². The van der Waals surface area contributed by atoms with Gasteiger partial charge in [-0.1, -0.05) is 6.92 Å². The monoisotopic (exact) mass is 303 g/mol. The predicted molar refractivity (Wildman–Crippen MR) is 81.0 cm³/mol. The van der Waals surface area contributed by atoms with Crippen LogP contribution < -0.4 is 4.90 Å². The van der Waals surface area contributed by atoms with Crippen molar-refractivity contribution in [3.8, 4) is 0 Å². The summed E-state index contributed by atoms with van der Waals surface area (Å²) in [4.78, 5) is 38.3. The molecule has 0 spiro atoms. The standard InChI is InChI=1S/C15H21N5O2/c1-2-12(20-13(21)4-5-14(20)22)18-8-10-19(11-9-18)15-16-6-3-7-17-15/h3,6-7,12H,2,4-5,8-11H2,1H3. The molecular weight excluding hydrogens is 282 g/mol. The molecule has 1 atom stereocenters. The number of hydrogen-bond donors (Lipinski definition) is 0. The number of rotatable bonds is 4. The smallest absolute Gasteiger partial charge is 0.231 e. The van der Waals surface area contributed by atoms with E-state index in [9.17, 15) is 9.59 Å². The molecule has 2 fully saturated rings. The van der Waals surface area contributed by atoms with Crippen LogP contribution in [0, 0.1) is 0 Å². The van der Waals surface area contributed by atoms with E-state index >= 15 is 0 Å². The number of anilines is 1. The van der Waals surface area contributed by atoms with Gasteiger partial charge in [-0.2, -0.15) is 0 Å². The molecule has 7 heteroatoms. The van der Waals surface area contributed by atoms with E-state index in [1.54, 1.807) is 18.5 Å². The van der Waals surface area contributed by atoms with Gasteiger partial charge in [-0.15, -0.1) is 0 Å². The van der Waals surface area contributed by atoms with Crippen LogP contribution in [0.1, 0.15) is 26.2 Å². The van der Waals surface area contributed by atoms with Gasteiger partial charge in [0.15, 0.2) is 0 Å². The molecule has 118 valence electrons. The number of carbonyl (C=O) groups is 2. The van der Waals surface area contributed by atoms with Gasteiger partial charge in [-0.3, -0.25) is 19.4 Å². The summed E-state index contributed by atoms with van der Waals surface area (Å²) in [6.45, 7) is 5.23. The first-order valence-electron chi connectivity index (χ1n) is 7.81. The zero-order valence-electron chi connectivity index (χ0n) is 12.8. The van der Waals surface area contributed by atoms with E-state index in [2.05, 4.69) is 19.8 Å². The summed E-state index contributed by atoms with van der Waals surface area (Å²) in [6.07, 6.45) is 4.84. The molecule has 2 aliphatic heterocycles. The SMILES string of the molecule is CCC(N1CCN(c2ncccn2)CC1)N1C(=O)CCC1=O. The minimum atomic E-state index is -0.110. The highest BCUT2D eigenvalue weighted by Gasteiger charge is 2.38. The third kappa shape index (κ3) is 2.81. The molecule has 2 aliphatic rings. The van der Waals surface area contributed by atoms with Gasteiger partial charge in [0.1, 0.15) is 0 Å². The van der Waals surface area contributed by atoms with E-state index in [1.807, 2.05) is 6.92 Å². The Labute approximate surface area is 129 Å². The first kappa shape index (κ1) is 14.9. The first-order valence-corrected chi connectivity index (χ1v) is 7.81. The van der Waals surface area contributed by atoms with Gasteiger partial charge in [0.25, 0.3) is 0 Å². The summed E-state index contributed by atoms with van der Waals surface area (Å²) in [6, 6.07) is 1.80. The van der Waals surface area contributed by atoms with Crippen molar-refractivity contribution in [3.63, 3.8) is 0 Å². The summed E-state index contributed by atoms with van der Waals surface area (Å²) in [5, 5.41) is 0. The average molecular weight is 303 g/mol. The maximum atomic E-state index is 12.0. The topological polar surface area (TPSA) is 69.6 Å². The van der Waals surface area contributed by atoms with Crippen molar-refractivity contribution in [1.82, 2.24) is 19.8 Å². The molecule has 0 saturated carbocycles. The Hall–Kier alpha value is -2.02. The number of likely N-dealkylation sites (tertiary alicyclic amines) is 1. The predicted octanol–water partition coefficient (Wildman–Crippen LogP) is 0.484. The largest absolute Gasteiger partial charge is 0.338 e. The van der Waals surface area contributed by atoms with Crippen LogP contribution in [0.2, 0.25) is 0 Å². The zero-order valence-corrected chi connectivity index (χ0v) is 12.8. The number of carbonyl (C=O) groups excluding carboxylic acids is 2. The molecule has 0 aliphatic carbocycles. The van der Waals surface area contributed by atoms with Gasteiger partial charge in [0.05, 0.1) is 6.17 Å². The molecule has 1 aromatic heterocycles. The molecule has 1 unspecified atom stereocenters. The minimum absolute atomic E-state index is 0.0364. The van der Waals surface area contributed by atoms with Gasteiger partial charge < -0.3 is 4.90 Å². The zero-order chi connectivity index (χ0) is 15.5. The van der Waals surface area contributed by atoms with E-state index in [1.165, 1.54) is 4.90 Å². The Bertz CT molecular complexity index is 526. The average Bonchev–Trinajstić information content (AvgIpc) is 2.90. The lowest BCUT2D eigenvalue weighted by atomic mass is 10.2. The van der Waals surface area contributed by atoms with Crippen molar-refractivity contribution in [2.24, 2.45) is 0 Å². The second kappa shape index (κ2) is 6.39. The third-order valence-corrected chi connectivity index (χ3v) is 4.32. The van der Waals surface area contributed by atoms with E-state index in [0.29, 0.717) is 12.8 Å². The molecule has 0 aromatic carbocycles. The molecule has 0 bridgehead atoms. The van der Waals surface area contributed by atoms with Crippen molar-refractivity contribution in [2.75, 3.05) is 31.1 Å². The fraction of sp³-hybridized carbons (Fsp3) is 0.600. The molecule has 3 rings (SSSR count). The number of hydrogen-bond acceptors (Lipinski definition) is 6. The Morgan fingerprint density at radius 3 is 2.18 bits per heavy atom. The van der Waals surface area contributed by atoms with Crippen LogP contribution in [0.4, 0.5) is 5.95 Å². The Balaban J connectivity index is 1.64. The maximum Gasteiger partial charge on any atom is 0.231 e. The fourth-order valence-corrected chi connectivity index (χ4v) is 3.20. The quantitative estimate of drug-likeness (QED) is 0.754. The lowest BCUT2D eigenvalue weighted by Crippen LogP contribution is -2.57. The number of amides is 2. The molecule has 0 N–H and O–H groups in total. The molecule has 22 heavy (non-hydrogen) atoms. The number of imide groups is 1. The minimum Gasteiger partial charge on any atom is -0.338 e. The second-order valence-corrected chi connectivity index (χ2v) is 5.62. The highest BCUT2D eigenvalue weighted by atomic mass is 16.2. The molecule has 3 heterocycles. The van der Waals surface area contributed by atoms with Crippen LogP contribution >= 0.6 is 0 Å². The lowest BCUT2D eigenvalue weighted by Gasteiger charge is -2.41. The highest BCUT2D eigenvalue weighted by Crippen LogP contribution is 2.22. The highest BCUT2D eigenvalue weighted by molar-refractivity contribution is 6.02. The summed E-state index contributed by atoms with van der Waals surface area (Å²) in [5.41, 5.74) is 0. The Morgan fingerprint density at radius 2 is 1.64 bits per heavy atom. The first-order chi connectivity index (χ1) is 10.7. The number of piperazine rings is 1. The summed E-state index contributed by atoms with van der Waals surface area (Å²) >= 11 is 0.